The Labute approximate surface area is 116 Å². The summed E-state index contributed by atoms with van der Waals surface area (Å²) in [6.45, 7) is 1.72. The first kappa shape index (κ1) is 14.9. The Balaban J connectivity index is 2.13. The number of rotatable bonds is 5. The molecule has 6 heteroatoms. The van der Waals surface area contributed by atoms with Gasteiger partial charge < -0.3 is 9.15 Å². The van der Waals surface area contributed by atoms with Crippen molar-refractivity contribution in [3.8, 4) is 0 Å². The normalized spacial score (nSPS) is 16.6. The molecular weight excluding hydrogens is 268 g/mol. The third-order valence-corrected chi connectivity index (χ3v) is 3.55. The Morgan fingerprint density at radius 1 is 1.40 bits per heavy atom. The fourth-order valence-corrected chi connectivity index (χ4v) is 2.59. The topological polar surface area (TPSA) is 52.3 Å². The summed E-state index contributed by atoms with van der Waals surface area (Å²) in [4.78, 5) is 15.4. The molecule has 1 aromatic rings. The second-order valence-electron chi connectivity index (χ2n) is 5.05. The molecule has 0 atom stereocenters. The van der Waals surface area contributed by atoms with Crippen molar-refractivity contribution in [1.29, 1.82) is 0 Å². The first-order valence-corrected chi connectivity index (χ1v) is 7.06. The van der Waals surface area contributed by atoms with E-state index in [0.29, 0.717) is 12.3 Å². The van der Waals surface area contributed by atoms with Crippen molar-refractivity contribution in [2.24, 2.45) is 5.92 Å². The number of nitrogens with zero attached hydrogens (tertiary/aromatic N) is 1. The highest BCUT2D eigenvalue weighted by atomic mass is 19.3. The van der Waals surface area contributed by atoms with E-state index in [-0.39, 0.29) is 12.5 Å². The highest BCUT2D eigenvalue weighted by molar-refractivity contribution is 5.87. The number of carbonyl (C=O) groups excluding carboxylic acids is 1. The zero-order valence-electron chi connectivity index (χ0n) is 11.5. The van der Waals surface area contributed by atoms with Crippen LogP contribution >= 0.6 is 0 Å². The molecule has 20 heavy (non-hydrogen) atoms. The maximum atomic E-state index is 12.9. The van der Waals surface area contributed by atoms with Crippen LogP contribution in [0, 0.1) is 5.92 Å². The number of hydrogen-bond acceptors (Lipinski definition) is 4. The van der Waals surface area contributed by atoms with Gasteiger partial charge in [0.2, 0.25) is 5.76 Å². The van der Waals surface area contributed by atoms with Crippen LogP contribution in [0.5, 0.6) is 0 Å². The molecule has 112 valence electrons. The summed E-state index contributed by atoms with van der Waals surface area (Å²) in [6, 6.07) is 0. The molecule has 1 aromatic heterocycles. The number of hydrogen-bond donors (Lipinski definition) is 0. The minimum atomic E-state index is -2.83. The number of alkyl halides is 2. The number of esters is 1. The molecule has 0 bridgehead atoms. The molecule has 1 aliphatic carbocycles. The summed E-state index contributed by atoms with van der Waals surface area (Å²) >= 11 is 0. The molecule has 2 rings (SSSR count). The molecule has 0 spiro atoms. The van der Waals surface area contributed by atoms with E-state index in [0.717, 1.165) is 25.7 Å². The average Bonchev–Trinajstić information content (AvgIpc) is 2.84. The summed E-state index contributed by atoms with van der Waals surface area (Å²) in [5, 5.41) is 0. The van der Waals surface area contributed by atoms with E-state index < -0.39 is 23.8 Å². The lowest BCUT2D eigenvalue weighted by Crippen LogP contribution is -2.09. The predicted molar refractivity (Wildman–Crippen MR) is 67.7 cm³/mol. The van der Waals surface area contributed by atoms with Crippen molar-refractivity contribution in [3.63, 3.8) is 0 Å². The summed E-state index contributed by atoms with van der Waals surface area (Å²) < 4.78 is 35.7. The molecule has 0 radical (unpaired) electrons. The minimum Gasteiger partial charge on any atom is -0.460 e. The van der Waals surface area contributed by atoms with Crippen molar-refractivity contribution >= 4 is 5.97 Å². The predicted octanol–water partition coefficient (Wildman–Crippen LogP) is 3.91. The molecule has 1 saturated carbocycles. The molecule has 0 amide bonds. The Hall–Kier alpha value is -1.46. The van der Waals surface area contributed by atoms with E-state index >= 15 is 0 Å². The lowest BCUT2D eigenvalue weighted by Gasteiger charge is -2.19. The molecule has 0 aromatic carbocycles. The van der Waals surface area contributed by atoms with Gasteiger partial charge in [0, 0.05) is 6.42 Å². The zero-order valence-corrected chi connectivity index (χ0v) is 11.5. The average molecular weight is 287 g/mol. The number of aromatic nitrogens is 1. The third-order valence-electron chi connectivity index (χ3n) is 3.55. The SMILES string of the molecule is CCOC(=O)c1oc(CC2CCCCC2)nc1C(F)F. The first-order valence-electron chi connectivity index (χ1n) is 7.06. The molecule has 1 heterocycles. The summed E-state index contributed by atoms with van der Waals surface area (Å²) in [7, 11) is 0. The largest absolute Gasteiger partial charge is 0.460 e. The van der Waals surface area contributed by atoms with Gasteiger partial charge in [-0.15, -0.1) is 0 Å². The lowest BCUT2D eigenvalue weighted by atomic mass is 9.87. The van der Waals surface area contributed by atoms with Gasteiger partial charge in [-0.3, -0.25) is 0 Å². The fourth-order valence-electron chi connectivity index (χ4n) is 2.59. The van der Waals surface area contributed by atoms with Crippen LogP contribution in [-0.4, -0.2) is 17.6 Å². The number of halogens is 2. The monoisotopic (exact) mass is 287 g/mol. The summed E-state index contributed by atoms with van der Waals surface area (Å²) in [6.07, 6.45) is 3.31. The van der Waals surface area contributed by atoms with E-state index in [1.807, 2.05) is 0 Å². The molecule has 4 nitrogen and oxygen atoms in total. The van der Waals surface area contributed by atoms with Crippen LogP contribution in [0.1, 0.15) is 67.6 Å². The smallest absolute Gasteiger partial charge is 0.376 e. The number of oxazole rings is 1. The second kappa shape index (κ2) is 6.81. The van der Waals surface area contributed by atoms with Crippen LogP contribution in [0.3, 0.4) is 0 Å². The maximum Gasteiger partial charge on any atom is 0.376 e. The quantitative estimate of drug-likeness (QED) is 0.770. The number of carbonyl (C=O) groups is 1. The van der Waals surface area contributed by atoms with Crippen LogP contribution in [-0.2, 0) is 11.2 Å². The lowest BCUT2D eigenvalue weighted by molar-refractivity contribution is 0.0473. The maximum absolute atomic E-state index is 12.9. The number of ether oxygens (including phenoxy) is 1. The highest BCUT2D eigenvalue weighted by Crippen LogP contribution is 2.29. The van der Waals surface area contributed by atoms with Crippen LogP contribution in [0.25, 0.3) is 0 Å². The van der Waals surface area contributed by atoms with Crippen LogP contribution in [0.15, 0.2) is 4.42 Å². The van der Waals surface area contributed by atoms with Crippen LogP contribution in [0.2, 0.25) is 0 Å². The van der Waals surface area contributed by atoms with Gasteiger partial charge in [0.05, 0.1) is 6.61 Å². The summed E-state index contributed by atoms with van der Waals surface area (Å²) in [5.41, 5.74) is -0.603. The van der Waals surface area contributed by atoms with Gasteiger partial charge in [0.1, 0.15) is 0 Å². The standard InChI is InChI=1S/C14H19F2NO3/c1-2-19-14(18)12-11(13(15)16)17-10(20-12)8-9-6-4-3-5-7-9/h9,13H,2-8H2,1H3. The van der Waals surface area contributed by atoms with Crippen LogP contribution < -0.4 is 0 Å². The van der Waals surface area contributed by atoms with E-state index in [1.165, 1.54) is 6.42 Å². The van der Waals surface area contributed by atoms with Crippen molar-refractivity contribution in [1.82, 2.24) is 4.98 Å². The minimum absolute atomic E-state index is 0.111. The van der Waals surface area contributed by atoms with E-state index in [9.17, 15) is 13.6 Å². The zero-order chi connectivity index (χ0) is 14.5. The van der Waals surface area contributed by atoms with Gasteiger partial charge in [-0.25, -0.2) is 18.6 Å². The van der Waals surface area contributed by atoms with Gasteiger partial charge in [0.25, 0.3) is 6.43 Å². The van der Waals surface area contributed by atoms with Gasteiger partial charge in [0.15, 0.2) is 11.6 Å². The molecule has 1 aliphatic rings. The third kappa shape index (κ3) is 3.55. The van der Waals surface area contributed by atoms with Crippen molar-refractivity contribution in [2.45, 2.75) is 51.9 Å². The second-order valence-corrected chi connectivity index (χ2v) is 5.05. The Morgan fingerprint density at radius 2 is 2.10 bits per heavy atom. The van der Waals surface area contributed by atoms with Crippen molar-refractivity contribution in [3.05, 3.63) is 17.3 Å². The molecule has 0 N–H and O–H groups in total. The molecule has 0 unspecified atom stereocenters. The van der Waals surface area contributed by atoms with Gasteiger partial charge in [-0.1, -0.05) is 19.3 Å². The first-order chi connectivity index (χ1) is 9.61. The van der Waals surface area contributed by atoms with E-state index in [1.54, 1.807) is 6.92 Å². The van der Waals surface area contributed by atoms with Crippen molar-refractivity contribution < 1.29 is 22.7 Å². The van der Waals surface area contributed by atoms with Crippen molar-refractivity contribution in [2.75, 3.05) is 6.61 Å². The van der Waals surface area contributed by atoms with Gasteiger partial charge in [-0.05, 0) is 25.7 Å². The van der Waals surface area contributed by atoms with Gasteiger partial charge >= 0.3 is 5.97 Å². The molecule has 1 fully saturated rings. The highest BCUT2D eigenvalue weighted by Gasteiger charge is 2.28. The molecule has 0 saturated heterocycles. The molecule has 0 aliphatic heterocycles. The Kier molecular flexibility index (Phi) is 5.09. The Bertz CT molecular complexity index is 453. The van der Waals surface area contributed by atoms with E-state index in [2.05, 4.69) is 4.98 Å². The van der Waals surface area contributed by atoms with Crippen LogP contribution in [0.4, 0.5) is 8.78 Å². The Morgan fingerprint density at radius 3 is 2.70 bits per heavy atom. The summed E-state index contributed by atoms with van der Waals surface area (Å²) in [5.74, 6) is -0.698. The molecular formula is C14H19F2NO3. The van der Waals surface area contributed by atoms with Gasteiger partial charge in [-0.2, -0.15) is 0 Å². The fraction of sp³-hybridized carbons (Fsp3) is 0.714. The van der Waals surface area contributed by atoms with E-state index in [4.69, 9.17) is 9.15 Å².